The third-order valence-corrected chi connectivity index (χ3v) is 3.09. The van der Waals surface area contributed by atoms with Crippen molar-refractivity contribution in [3.05, 3.63) is 58.9 Å². The minimum absolute atomic E-state index is 0.00382. The van der Waals surface area contributed by atoms with Crippen LogP contribution in [-0.4, -0.2) is 27.3 Å². The van der Waals surface area contributed by atoms with Crippen molar-refractivity contribution in [3.8, 4) is 0 Å². The summed E-state index contributed by atoms with van der Waals surface area (Å²) in [5.74, 6) is -0.957. The number of carbonyl (C=O) groups excluding carboxylic acids is 1. The Morgan fingerprint density at radius 1 is 1.40 bits per heavy atom. The van der Waals surface area contributed by atoms with Gasteiger partial charge in [0.15, 0.2) is 0 Å². The highest BCUT2D eigenvalue weighted by Gasteiger charge is 2.19. The van der Waals surface area contributed by atoms with Crippen LogP contribution in [0.15, 0.2) is 36.7 Å². The van der Waals surface area contributed by atoms with Gasteiger partial charge in [0.25, 0.3) is 5.91 Å². The largest absolute Gasteiger partial charge is 0.333 e. The predicted molar refractivity (Wildman–Crippen MR) is 73.9 cm³/mol. The summed E-state index contributed by atoms with van der Waals surface area (Å²) in [6.45, 7) is 2.63. The summed E-state index contributed by atoms with van der Waals surface area (Å²) in [6, 6.07) is 6.56. The lowest BCUT2D eigenvalue weighted by Crippen LogP contribution is -2.31. The molecule has 0 aliphatic heterocycles. The Morgan fingerprint density at radius 3 is 2.85 bits per heavy atom. The van der Waals surface area contributed by atoms with Crippen LogP contribution < -0.4 is 0 Å². The summed E-state index contributed by atoms with van der Waals surface area (Å²) in [5.41, 5.74) is 0.813. The van der Waals surface area contributed by atoms with Crippen LogP contribution in [0, 0.1) is 5.82 Å². The maximum absolute atomic E-state index is 13.2. The van der Waals surface area contributed by atoms with Gasteiger partial charge in [-0.3, -0.25) is 9.78 Å². The van der Waals surface area contributed by atoms with E-state index in [-0.39, 0.29) is 16.6 Å². The smallest absolute Gasteiger partial charge is 0.257 e. The molecule has 0 radical (unpaired) electrons. The molecule has 0 unspecified atom stereocenters. The number of hydrogen-bond acceptors (Lipinski definition) is 3. The van der Waals surface area contributed by atoms with Crippen molar-refractivity contribution in [2.75, 3.05) is 6.54 Å². The quantitative estimate of drug-likeness (QED) is 0.814. The number of nitrogens with zero attached hydrogens (tertiary/aromatic N) is 3. The summed E-state index contributed by atoms with van der Waals surface area (Å²) in [7, 11) is 0. The SMILES string of the molecule is CCN(Cc1ccccn1)C(=O)c1cc(F)cnc1Cl. The van der Waals surface area contributed by atoms with Gasteiger partial charge in [-0.05, 0) is 25.1 Å². The monoisotopic (exact) mass is 293 g/mol. The van der Waals surface area contributed by atoms with Crippen molar-refractivity contribution in [1.29, 1.82) is 0 Å². The zero-order chi connectivity index (χ0) is 14.5. The van der Waals surface area contributed by atoms with Gasteiger partial charge >= 0.3 is 0 Å². The van der Waals surface area contributed by atoms with E-state index in [0.717, 1.165) is 18.0 Å². The van der Waals surface area contributed by atoms with Gasteiger partial charge in [0, 0.05) is 12.7 Å². The molecule has 0 fully saturated rings. The number of carbonyl (C=O) groups is 1. The molecule has 0 aromatic carbocycles. The van der Waals surface area contributed by atoms with Crippen LogP contribution in [-0.2, 0) is 6.54 Å². The molecule has 0 N–H and O–H groups in total. The Kier molecular flexibility index (Phi) is 4.63. The van der Waals surface area contributed by atoms with E-state index < -0.39 is 5.82 Å². The molecule has 0 aliphatic rings. The lowest BCUT2D eigenvalue weighted by Gasteiger charge is -2.20. The van der Waals surface area contributed by atoms with E-state index in [1.165, 1.54) is 4.90 Å². The molecule has 2 aromatic rings. The number of halogens is 2. The van der Waals surface area contributed by atoms with Gasteiger partial charge in [0.2, 0.25) is 0 Å². The van der Waals surface area contributed by atoms with Crippen molar-refractivity contribution >= 4 is 17.5 Å². The van der Waals surface area contributed by atoms with Gasteiger partial charge in [-0.25, -0.2) is 9.37 Å². The van der Waals surface area contributed by atoms with Gasteiger partial charge in [-0.1, -0.05) is 17.7 Å². The van der Waals surface area contributed by atoms with Crippen LogP contribution in [0.5, 0.6) is 0 Å². The number of rotatable bonds is 4. The first-order valence-corrected chi connectivity index (χ1v) is 6.50. The van der Waals surface area contributed by atoms with Crippen LogP contribution in [0.1, 0.15) is 23.0 Å². The highest BCUT2D eigenvalue weighted by molar-refractivity contribution is 6.32. The molecule has 2 heterocycles. The highest BCUT2D eigenvalue weighted by atomic mass is 35.5. The Morgan fingerprint density at radius 2 is 2.20 bits per heavy atom. The second-order valence-electron chi connectivity index (χ2n) is 4.13. The molecule has 0 bridgehead atoms. The van der Waals surface area contributed by atoms with E-state index in [2.05, 4.69) is 9.97 Å². The average Bonchev–Trinajstić information content (AvgIpc) is 2.47. The molecule has 6 heteroatoms. The van der Waals surface area contributed by atoms with Gasteiger partial charge < -0.3 is 4.90 Å². The van der Waals surface area contributed by atoms with Crippen LogP contribution in [0.4, 0.5) is 4.39 Å². The van der Waals surface area contributed by atoms with E-state index in [9.17, 15) is 9.18 Å². The Bertz CT molecular complexity index is 607. The molecule has 20 heavy (non-hydrogen) atoms. The van der Waals surface area contributed by atoms with Crippen LogP contribution in [0.2, 0.25) is 5.15 Å². The zero-order valence-corrected chi connectivity index (χ0v) is 11.6. The van der Waals surface area contributed by atoms with Crippen molar-refractivity contribution < 1.29 is 9.18 Å². The molecular weight excluding hydrogens is 281 g/mol. The fraction of sp³-hybridized carbons (Fsp3) is 0.214. The average molecular weight is 294 g/mol. The van der Waals surface area contributed by atoms with Crippen molar-refractivity contribution in [2.45, 2.75) is 13.5 Å². The van der Waals surface area contributed by atoms with E-state index in [0.29, 0.717) is 13.1 Å². The number of pyridine rings is 2. The molecule has 0 atom stereocenters. The van der Waals surface area contributed by atoms with Crippen LogP contribution in [0.3, 0.4) is 0 Å². The van der Waals surface area contributed by atoms with Gasteiger partial charge in [0.1, 0.15) is 11.0 Å². The minimum atomic E-state index is -0.591. The second-order valence-corrected chi connectivity index (χ2v) is 4.49. The van der Waals surface area contributed by atoms with E-state index >= 15 is 0 Å². The fourth-order valence-electron chi connectivity index (χ4n) is 1.76. The lowest BCUT2D eigenvalue weighted by atomic mass is 10.2. The van der Waals surface area contributed by atoms with Crippen LogP contribution >= 0.6 is 11.6 Å². The van der Waals surface area contributed by atoms with E-state index in [4.69, 9.17) is 11.6 Å². The van der Waals surface area contributed by atoms with Crippen molar-refractivity contribution in [2.24, 2.45) is 0 Å². The lowest BCUT2D eigenvalue weighted by molar-refractivity contribution is 0.0750. The van der Waals surface area contributed by atoms with Gasteiger partial charge in [-0.15, -0.1) is 0 Å². The highest BCUT2D eigenvalue weighted by Crippen LogP contribution is 2.17. The van der Waals surface area contributed by atoms with Gasteiger partial charge in [-0.2, -0.15) is 0 Å². The third kappa shape index (κ3) is 3.30. The minimum Gasteiger partial charge on any atom is -0.333 e. The molecule has 0 saturated heterocycles. The Labute approximate surface area is 121 Å². The number of hydrogen-bond donors (Lipinski definition) is 0. The number of aromatic nitrogens is 2. The maximum Gasteiger partial charge on any atom is 0.257 e. The Hall–Kier alpha value is -2.01. The van der Waals surface area contributed by atoms with Crippen LogP contribution in [0.25, 0.3) is 0 Å². The molecule has 0 spiro atoms. The van der Waals surface area contributed by atoms with Crippen molar-refractivity contribution in [3.63, 3.8) is 0 Å². The first kappa shape index (κ1) is 14.4. The number of amides is 1. The summed E-state index contributed by atoms with van der Waals surface area (Å²) in [4.78, 5) is 21.7. The summed E-state index contributed by atoms with van der Waals surface area (Å²) < 4.78 is 13.2. The first-order chi connectivity index (χ1) is 9.61. The third-order valence-electron chi connectivity index (χ3n) is 2.78. The summed E-state index contributed by atoms with van der Waals surface area (Å²) in [6.07, 6.45) is 2.64. The molecule has 0 saturated carbocycles. The van der Waals surface area contributed by atoms with E-state index in [1.807, 2.05) is 19.1 Å². The topological polar surface area (TPSA) is 46.1 Å². The zero-order valence-electron chi connectivity index (χ0n) is 10.9. The summed E-state index contributed by atoms with van der Waals surface area (Å²) >= 11 is 5.85. The molecule has 1 amide bonds. The molecule has 2 rings (SSSR count). The molecule has 0 aliphatic carbocycles. The Balaban J connectivity index is 2.23. The first-order valence-electron chi connectivity index (χ1n) is 6.12. The molecule has 4 nitrogen and oxygen atoms in total. The van der Waals surface area contributed by atoms with Gasteiger partial charge in [0.05, 0.1) is 24.0 Å². The van der Waals surface area contributed by atoms with Crippen molar-refractivity contribution in [1.82, 2.24) is 14.9 Å². The fourth-order valence-corrected chi connectivity index (χ4v) is 1.94. The summed E-state index contributed by atoms with van der Waals surface area (Å²) in [5, 5.41) is -0.00382. The second kappa shape index (κ2) is 6.43. The molecular formula is C14H13ClFN3O. The molecule has 2 aromatic heterocycles. The standard InChI is InChI=1S/C14H13ClFN3O/c1-2-19(9-11-5-3-4-6-17-11)14(20)12-7-10(16)8-18-13(12)15/h3-8H,2,9H2,1H3. The molecule has 104 valence electrons. The predicted octanol–water partition coefficient (Wildman–Crippen LogP) is 2.93. The van der Waals surface area contributed by atoms with E-state index in [1.54, 1.807) is 12.3 Å². The maximum atomic E-state index is 13.2. The normalized spacial score (nSPS) is 10.3.